The lowest BCUT2D eigenvalue weighted by atomic mass is 10.0. The molecule has 1 aliphatic heterocycles. The van der Waals surface area contributed by atoms with Crippen LogP contribution in [0.4, 0.5) is 5.69 Å². The lowest BCUT2D eigenvalue weighted by Gasteiger charge is -2.23. The Morgan fingerprint density at radius 1 is 1.47 bits per heavy atom. The number of nitrogens with one attached hydrogen (secondary N) is 2. The predicted molar refractivity (Wildman–Crippen MR) is 76.5 cm³/mol. The quantitative estimate of drug-likeness (QED) is 0.876. The van der Waals surface area contributed by atoms with Gasteiger partial charge in [0, 0.05) is 18.8 Å². The molecular formula is C15H22N2O2. The average molecular weight is 262 g/mol. The number of benzene rings is 1. The van der Waals surface area contributed by atoms with Crippen LogP contribution in [0, 0.1) is 6.92 Å². The van der Waals surface area contributed by atoms with Gasteiger partial charge >= 0.3 is 0 Å². The molecule has 1 unspecified atom stereocenters. The van der Waals surface area contributed by atoms with Gasteiger partial charge in [0.1, 0.15) is 6.10 Å². The van der Waals surface area contributed by atoms with E-state index in [-0.39, 0.29) is 5.91 Å². The normalized spacial score (nSPS) is 19.5. The Kier molecular flexibility index (Phi) is 4.56. The van der Waals surface area contributed by atoms with E-state index in [1.165, 1.54) is 5.56 Å². The second-order valence-electron chi connectivity index (χ2n) is 5.28. The van der Waals surface area contributed by atoms with Crippen molar-refractivity contribution in [3.63, 3.8) is 0 Å². The third-order valence-corrected chi connectivity index (χ3v) is 3.41. The van der Waals surface area contributed by atoms with Crippen molar-refractivity contribution in [2.45, 2.75) is 32.8 Å². The fourth-order valence-corrected chi connectivity index (χ4v) is 2.08. The Morgan fingerprint density at radius 3 is 2.89 bits per heavy atom. The zero-order valence-corrected chi connectivity index (χ0v) is 11.8. The number of aryl methyl sites for hydroxylation is 1. The zero-order chi connectivity index (χ0) is 13.8. The van der Waals surface area contributed by atoms with Crippen LogP contribution < -0.4 is 10.6 Å². The predicted octanol–water partition coefficient (Wildman–Crippen LogP) is 2.05. The molecule has 4 heteroatoms. The molecule has 0 spiro atoms. The third kappa shape index (κ3) is 3.55. The van der Waals surface area contributed by atoms with Crippen LogP contribution in [-0.4, -0.2) is 31.7 Å². The van der Waals surface area contributed by atoms with Crippen molar-refractivity contribution < 1.29 is 9.53 Å². The maximum Gasteiger partial charge on any atom is 0.254 e. The first-order chi connectivity index (χ1) is 9.08. The standard InChI is InChI=1S/C15H22N2O2/c1-10(2)12-5-4-11(3)13(8-12)17-15(18)14-9-16-6-7-19-14/h4-5,8,10,14,16H,6-7,9H2,1-3H3,(H,17,18). The lowest BCUT2D eigenvalue weighted by Crippen LogP contribution is -2.45. The monoisotopic (exact) mass is 262 g/mol. The van der Waals surface area contributed by atoms with E-state index < -0.39 is 6.10 Å². The molecule has 1 atom stereocenters. The Balaban J connectivity index is 2.09. The molecule has 0 aliphatic carbocycles. The minimum Gasteiger partial charge on any atom is -0.366 e. The summed E-state index contributed by atoms with van der Waals surface area (Å²) in [5, 5.41) is 6.13. The van der Waals surface area contributed by atoms with Crippen molar-refractivity contribution in [2.24, 2.45) is 0 Å². The molecule has 1 saturated heterocycles. The van der Waals surface area contributed by atoms with Crippen LogP contribution in [0.5, 0.6) is 0 Å². The van der Waals surface area contributed by atoms with E-state index in [2.05, 4.69) is 30.5 Å². The number of hydrogen-bond acceptors (Lipinski definition) is 3. The van der Waals surface area contributed by atoms with Crippen LogP contribution in [0.2, 0.25) is 0 Å². The summed E-state index contributed by atoms with van der Waals surface area (Å²) >= 11 is 0. The summed E-state index contributed by atoms with van der Waals surface area (Å²) in [6.07, 6.45) is -0.393. The van der Waals surface area contributed by atoms with Crippen molar-refractivity contribution in [3.05, 3.63) is 29.3 Å². The minimum atomic E-state index is -0.393. The molecule has 4 nitrogen and oxygen atoms in total. The van der Waals surface area contributed by atoms with E-state index in [9.17, 15) is 4.79 Å². The molecular weight excluding hydrogens is 240 g/mol. The Labute approximate surface area is 114 Å². The van der Waals surface area contributed by atoms with Gasteiger partial charge in [-0.15, -0.1) is 0 Å². The number of ether oxygens (including phenoxy) is 1. The zero-order valence-electron chi connectivity index (χ0n) is 11.8. The molecule has 2 N–H and O–H groups in total. The Morgan fingerprint density at radius 2 is 2.26 bits per heavy atom. The highest BCUT2D eigenvalue weighted by atomic mass is 16.5. The summed E-state index contributed by atoms with van der Waals surface area (Å²) in [5.74, 6) is 0.375. The molecule has 0 aromatic heterocycles. The van der Waals surface area contributed by atoms with Crippen LogP contribution in [0.1, 0.15) is 30.9 Å². The van der Waals surface area contributed by atoms with E-state index in [0.717, 1.165) is 17.8 Å². The summed E-state index contributed by atoms with van der Waals surface area (Å²) in [5.41, 5.74) is 3.18. The van der Waals surface area contributed by atoms with Gasteiger partial charge in [-0.1, -0.05) is 26.0 Å². The number of hydrogen-bond donors (Lipinski definition) is 2. The highest BCUT2D eigenvalue weighted by molar-refractivity contribution is 5.95. The van der Waals surface area contributed by atoms with Crippen molar-refractivity contribution in [2.75, 3.05) is 25.0 Å². The van der Waals surface area contributed by atoms with Crippen molar-refractivity contribution >= 4 is 11.6 Å². The molecule has 2 rings (SSSR count). The Hall–Kier alpha value is -1.39. The smallest absolute Gasteiger partial charge is 0.254 e. The van der Waals surface area contributed by atoms with Crippen molar-refractivity contribution in [1.82, 2.24) is 5.32 Å². The molecule has 0 bridgehead atoms. The van der Waals surface area contributed by atoms with Gasteiger partial charge in [0.05, 0.1) is 6.61 Å². The maximum absolute atomic E-state index is 12.1. The second-order valence-corrected chi connectivity index (χ2v) is 5.28. The number of anilines is 1. The number of carbonyl (C=O) groups is 1. The van der Waals surface area contributed by atoms with Crippen LogP contribution >= 0.6 is 0 Å². The van der Waals surface area contributed by atoms with Gasteiger partial charge in [-0.3, -0.25) is 4.79 Å². The largest absolute Gasteiger partial charge is 0.366 e. The van der Waals surface area contributed by atoms with Gasteiger partial charge in [-0.2, -0.15) is 0 Å². The summed E-state index contributed by atoms with van der Waals surface area (Å²) in [6.45, 7) is 8.26. The van der Waals surface area contributed by atoms with E-state index in [0.29, 0.717) is 19.1 Å². The number of morpholine rings is 1. The number of rotatable bonds is 3. The molecule has 1 aliphatic rings. The van der Waals surface area contributed by atoms with E-state index in [1.807, 2.05) is 19.1 Å². The molecule has 1 aromatic carbocycles. The Bertz CT molecular complexity index is 451. The van der Waals surface area contributed by atoms with E-state index in [1.54, 1.807) is 0 Å². The van der Waals surface area contributed by atoms with E-state index >= 15 is 0 Å². The van der Waals surface area contributed by atoms with Crippen molar-refractivity contribution in [3.8, 4) is 0 Å². The average Bonchev–Trinajstić information content (AvgIpc) is 2.42. The fraction of sp³-hybridized carbons (Fsp3) is 0.533. The minimum absolute atomic E-state index is 0.0730. The third-order valence-electron chi connectivity index (χ3n) is 3.41. The molecule has 1 heterocycles. The number of carbonyl (C=O) groups excluding carboxylic acids is 1. The summed E-state index contributed by atoms with van der Waals surface area (Å²) in [6, 6.07) is 6.20. The highest BCUT2D eigenvalue weighted by Gasteiger charge is 2.22. The van der Waals surface area contributed by atoms with Gasteiger partial charge in [-0.25, -0.2) is 0 Å². The molecule has 1 amide bonds. The van der Waals surface area contributed by atoms with Crippen LogP contribution in [-0.2, 0) is 9.53 Å². The lowest BCUT2D eigenvalue weighted by molar-refractivity contribution is -0.128. The first kappa shape index (κ1) is 14.0. The first-order valence-corrected chi connectivity index (χ1v) is 6.81. The van der Waals surface area contributed by atoms with Gasteiger partial charge in [-0.05, 0) is 30.0 Å². The van der Waals surface area contributed by atoms with Crippen molar-refractivity contribution in [1.29, 1.82) is 0 Å². The maximum atomic E-state index is 12.1. The number of amides is 1. The summed E-state index contributed by atoms with van der Waals surface area (Å²) in [4.78, 5) is 12.1. The molecule has 0 saturated carbocycles. The van der Waals surface area contributed by atoms with Gasteiger partial charge in [0.2, 0.25) is 0 Å². The van der Waals surface area contributed by atoms with Gasteiger partial charge in [0.15, 0.2) is 0 Å². The fourth-order valence-electron chi connectivity index (χ4n) is 2.08. The van der Waals surface area contributed by atoms with Crippen LogP contribution in [0.3, 0.4) is 0 Å². The highest BCUT2D eigenvalue weighted by Crippen LogP contribution is 2.22. The summed E-state index contributed by atoms with van der Waals surface area (Å²) < 4.78 is 5.45. The molecule has 104 valence electrons. The van der Waals surface area contributed by atoms with Gasteiger partial charge in [0.25, 0.3) is 5.91 Å². The molecule has 1 aromatic rings. The van der Waals surface area contributed by atoms with Gasteiger partial charge < -0.3 is 15.4 Å². The molecule has 0 radical (unpaired) electrons. The van der Waals surface area contributed by atoms with Crippen LogP contribution in [0.25, 0.3) is 0 Å². The SMILES string of the molecule is Cc1ccc(C(C)C)cc1NC(=O)C1CNCCO1. The second kappa shape index (κ2) is 6.17. The first-order valence-electron chi connectivity index (χ1n) is 6.81. The van der Waals surface area contributed by atoms with E-state index in [4.69, 9.17) is 4.74 Å². The van der Waals surface area contributed by atoms with Crippen LogP contribution in [0.15, 0.2) is 18.2 Å². The molecule has 1 fully saturated rings. The topological polar surface area (TPSA) is 50.4 Å². The summed E-state index contributed by atoms with van der Waals surface area (Å²) in [7, 11) is 0. The molecule has 19 heavy (non-hydrogen) atoms.